The van der Waals surface area contributed by atoms with E-state index in [1.165, 1.54) is 5.01 Å². The highest BCUT2D eigenvalue weighted by Gasteiger charge is 2.42. The van der Waals surface area contributed by atoms with Crippen molar-refractivity contribution in [3.05, 3.63) is 16.6 Å². The van der Waals surface area contributed by atoms with Crippen LogP contribution in [0.25, 0.3) is 0 Å². The van der Waals surface area contributed by atoms with Gasteiger partial charge in [0.05, 0.1) is 25.2 Å². The molecule has 5 nitrogen and oxygen atoms in total. The van der Waals surface area contributed by atoms with Gasteiger partial charge in [-0.3, -0.25) is 9.69 Å². The lowest BCUT2D eigenvalue weighted by Crippen LogP contribution is -2.33. The van der Waals surface area contributed by atoms with Crippen molar-refractivity contribution in [2.45, 2.75) is 51.5 Å². The first-order valence-electron chi connectivity index (χ1n) is 7.65. The van der Waals surface area contributed by atoms with E-state index in [4.69, 9.17) is 4.74 Å². The van der Waals surface area contributed by atoms with Crippen molar-refractivity contribution in [3.8, 4) is 0 Å². The molecule has 2 fully saturated rings. The fourth-order valence-electron chi connectivity index (χ4n) is 3.32. The number of ether oxygens (including phenoxy) is 1. The Kier molecular flexibility index (Phi) is 4.57. The largest absolute Gasteiger partial charge is 0.373 e. The normalized spacial score (nSPS) is 29.0. The summed E-state index contributed by atoms with van der Waals surface area (Å²) in [5.74, 6) is 0.677. The van der Waals surface area contributed by atoms with Crippen molar-refractivity contribution in [2.75, 3.05) is 13.1 Å². The lowest BCUT2D eigenvalue weighted by molar-refractivity contribution is -0.124. The summed E-state index contributed by atoms with van der Waals surface area (Å²) >= 11 is 1.71. The van der Waals surface area contributed by atoms with E-state index in [1.807, 2.05) is 25.4 Å². The second-order valence-corrected chi connectivity index (χ2v) is 7.32. The van der Waals surface area contributed by atoms with Gasteiger partial charge in [-0.25, -0.2) is 4.98 Å². The molecule has 0 radical (unpaired) electrons. The zero-order valence-corrected chi connectivity index (χ0v) is 13.4. The van der Waals surface area contributed by atoms with E-state index in [0.29, 0.717) is 18.4 Å². The summed E-state index contributed by atoms with van der Waals surface area (Å²) in [6.07, 6.45) is 3.75. The first kappa shape index (κ1) is 14.9. The highest BCUT2D eigenvalue weighted by molar-refractivity contribution is 7.09. The molecule has 6 heteroatoms. The molecule has 116 valence electrons. The van der Waals surface area contributed by atoms with Gasteiger partial charge in [0.2, 0.25) is 5.91 Å². The standard InChI is InChI=1S/C15H23N3O2S/c1-10(2)17-14(19)6-12-5-11-7-18(8-13(11)20-12)9-15-16-3-4-21-15/h3-4,10-13H,5-9H2,1-2H3,(H,17,19)/t11-,12+,13+/m0/s1. The van der Waals surface area contributed by atoms with Gasteiger partial charge in [-0.2, -0.15) is 0 Å². The van der Waals surface area contributed by atoms with Gasteiger partial charge in [-0.15, -0.1) is 11.3 Å². The Morgan fingerprint density at radius 3 is 3.10 bits per heavy atom. The Labute approximate surface area is 129 Å². The van der Waals surface area contributed by atoms with E-state index in [2.05, 4.69) is 15.2 Å². The summed E-state index contributed by atoms with van der Waals surface area (Å²) in [5, 5.41) is 6.13. The van der Waals surface area contributed by atoms with Gasteiger partial charge in [0.15, 0.2) is 0 Å². The summed E-state index contributed by atoms with van der Waals surface area (Å²) in [6.45, 7) is 6.92. The molecule has 2 aliphatic heterocycles. The van der Waals surface area contributed by atoms with Crippen LogP contribution >= 0.6 is 11.3 Å². The molecule has 1 N–H and O–H groups in total. The Morgan fingerprint density at radius 2 is 2.43 bits per heavy atom. The summed E-state index contributed by atoms with van der Waals surface area (Å²) in [6, 6.07) is 0.201. The van der Waals surface area contributed by atoms with Gasteiger partial charge in [0.1, 0.15) is 5.01 Å². The number of carbonyl (C=O) groups is 1. The minimum atomic E-state index is 0.0979. The monoisotopic (exact) mass is 309 g/mol. The van der Waals surface area contributed by atoms with Crippen molar-refractivity contribution in [1.29, 1.82) is 0 Å². The van der Waals surface area contributed by atoms with Crippen molar-refractivity contribution in [2.24, 2.45) is 5.92 Å². The SMILES string of the molecule is CC(C)NC(=O)C[C@H]1C[C@H]2CN(Cc3nccs3)C[C@H]2O1. The van der Waals surface area contributed by atoms with Gasteiger partial charge in [-0.1, -0.05) is 0 Å². The van der Waals surface area contributed by atoms with E-state index in [1.54, 1.807) is 11.3 Å². The summed E-state index contributed by atoms with van der Waals surface area (Å²) in [5.41, 5.74) is 0. The third-order valence-corrected chi connectivity index (χ3v) is 4.86. The number of nitrogens with one attached hydrogen (secondary N) is 1. The van der Waals surface area contributed by atoms with Crippen molar-refractivity contribution >= 4 is 17.2 Å². The average Bonchev–Trinajstić information content (AvgIpc) is 3.04. The lowest BCUT2D eigenvalue weighted by atomic mass is 10.0. The van der Waals surface area contributed by atoms with Crippen LogP contribution in [0.3, 0.4) is 0 Å². The molecular weight excluding hydrogens is 286 g/mol. The van der Waals surface area contributed by atoms with Crippen LogP contribution in [0.15, 0.2) is 11.6 Å². The number of hydrogen-bond donors (Lipinski definition) is 1. The molecule has 0 bridgehead atoms. The maximum Gasteiger partial charge on any atom is 0.222 e. The molecule has 3 atom stereocenters. The molecule has 2 aliphatic rings. The molecule has 0 spiro atoms. The van der Waals surface area contributed by atoms with Gasteiger partial charge in [0, 0.05) is 36.6 Å². The second kappa shape index (κ2) is 6.42. The lowest BCUT2D eigenvalue weighted by Gasteiger charge is -2.18. The fraction of sp³-hybridized carbons (Fsp3) is 0.733. The minimum Gasteiger partial charge on any atom is -0.373 e. The summed E-state index contributed by atoms with van der Waals surface area (Å²) in [7, 11) is 0. The molecule has 1 amide bonds. The second-order valence-electron chi connectivity index (χ2n) is 6.34. The predicted octanol–water partition coefficient (Wildman–Crippen LogP) is 1.65. The molecule has 3 heterocycles. The number of thiazole rings is 1. The molecule has 0 aliphatic carbocycles. The summed E-state index contributed by atoms with van der Waals surface area (Å²) in [4.78, 5) is 18.6. The van der Waals surface area contributed by atoms with Crippen LogP contribution in [0.2, 0.25) is 0 Å². The summed E-state index contributed by atoms with van der Waals surface area (Å²) < 4.78 is 6.07. The van der Waals surface area contributed by atoms with Crippen LogP contribution < -0.4 is 5.32 Å². The number of amides is 1. The first-order chi connectivity index (χ1) is 10.1. The molecule has 21 heavy (non-hydrogen) atoms. The van der Waals surface area contributed by atoms with Crippen LogP contribution in [0.5, 0.6) is 0 Å². The van der Waals surface area contributed by atoms with Crippen LogP contribution in [-0.4, -0.2) is 47.1 Å². The molecule has 0 aromatic carbocycles. The van der Waals surface area contributed by atoms with Crippen molar-refractivity contribution < 1.29 is 9.53 Å². The van der Waals surface area contributed by atoms with E-state index >= 15 is 0 Å². The number of likely N-dealkylation sites (tertiary alicyclic amines) is 1. The molecule has 1 aromatic rings. The first-order valence-corrected chi connectivity index (χ1v) is 8.53. The van der Waals surface area contributed by atoms with Crippen LogP contribution in [0.1, 0.15) is 31.7 Å². The Bertz CT molecular complexity index is 463. The fourth-order valence-corrected chi connectivity index (χ4v) is 3.98. The average molecular weight is 309 g/mol. The van der Waals surface area contributed by atoms with Crippen molar-refractivity contribution in [1.82, 2.24) is 15.2 Å². The highest BCUT2D eigenvalue weighted by atomic mass is 32.1. The smallest absolute Gasteiger partial charge is 0.222 e. The number of rotatable bonds is 5. The van der Waals surface area contributed by atoms with E-state index in [-0.39, 0.29) is 18.1 Å². The van der Waals surface area contributed by atoms with Crippen molar-refractivity contribution in [3.63, 3.8) is 0 Å². The van der Waals surface area contributed by atoms with Gasteiger partial charge in [0.25, 0.3) is 0 Å². The minimum absolute atomic E-state index is 0.0979. The number of aromatic nitrogens is 1. The van der Waals surface area contributed by atoms with Gasteiger partial charge < -0.3 is 10.1 Å². The Hall–Kier alpha value is -0.980. The van der Waals surface area contributed by atoms with E-state index < -0.39 is 0 Å². The van der Waals surface area contributed by atoms with E-state index in [9.17, 15) is 4.79 Å². The molecule has 2 saturated heterocycles. The predicted molar refractivity (Wildman–Crippen MR) is 82.1 cm³/mol. The number of fused-ring (bicyclic) bond motifs is 1. The zero-order valence-electron chi connectivity index (χ0n) is 12.6. The van der Waals surface area contributed by atoms with E-state index in [0.717, 1.165) is 26.1 Å². The Balaban J connectivity index is 1.44. The number of carbonyl (C=O) groups excluding carboxylic acids is 1. The molecular formula is C15H23N3O2S. The molecule has 0 unspecified atom stereocenters. The maximum absolute atomic E-state index is 11.8. The maximum atomic E-state index is 11.8. The Morgan fingerprint density at radius 1 is 1.57 bits per heavy atom. The quantitative estimate of drug-likeness (QED) is 0.898. The third kappa shape index (κ3) is 3.81. The topological polar surface area (TPSA) is 54.5 Å². The van der Waals surface area contributed by atoms with Crippen LogP contribution in [0, 0.1) is 5.92 Å². The zero-order chi connectivity index (χ0) is 14.8. The molecule has 0 saturated carbocycles. The number of nitrogens with zero attached hydrogens (tertiary/aromatic N) is 2. The van der Waals surface area contributed by atoms with Crippen LogP contribution in [-0.2, 0) is 16.1 Å². The molecule has 3 rings (SSSR count). The number of hydrogen-bond acceptors (Lipinski definition) is 5. The van der Waals surface area contributed by atoms with Gasteiger partial charge in [-0.05, 0) is 20.3 Å². The molecule has 1 aromatic heterocycles. The van der Waals surface area contributed by atoms with Gasteiger partial charge >= 0.3 is 0 Å². The third-order valence-electron chi connectivity index (χ3n) is 4.09. The van der Waals surface area contributed by atoms with Crippen LogP contribution in [0.4, 0.5) is 0 Å². The highest BCUT2D eigenvalue weighted by Crippen LogP contribution is 2.34.